The summed E-state index contributed by atoms with van der Waals surface area (Å²) in [7, 11) is 1.30. The van der Waals surface area contributed by atoms with Crippen molar-refractivity contribution in [3.63, 3.8) is 0 Å². The number of hydrogen-bond donors (Lipinski definition) is 1. The number of alkyl halides is 3. The average molecular weight is 393 g/mol. The van der Waals surface area contributed by atoms with Gasteiger partial charge in [0.05, 0.1) is 24.6 Å². The molecule has 1 heterocycles. The number of aromatic nitrogens is 2. The Bertz CT molecular complexity index is 1030. The topological polar surface area (TPSA) is 56.2 Å². The van der Waals surface area contributed by atoms with Crippen LogP contribution < -0.4 is 10.1 Å². The number of carbonyl (C=O) groups excluding carboxylic acids is 1. The van der Waals surface area contributed by atoms with Gasteiger partial charge in [0.1, 0.15) is 5.82 Å². The largest absolute Gasteiger partial charge is 0.493 e. The summed E-state index contributed by atoms with van der Waals surface area (Å²) in [6.45, 7) is 1.69. The minimum Gasteiger partial charge on any atom is -0.493 e. The lowest BCUT2D eigenvalue weighted by Crippen LogP contribution is -2.15. The fraction of sp³-hybridized carbons (Fsp3) is 0.158. The summed E-state index contributed by atoms with van der Waals surface area (Å²) in [6, 6.07) is 8.42. The maximum atomic E-state index is 13.4. The molecule has 3 rings (SSSR count). The van der Waals surface area contributed by atoms with Gasteiger partial charge >= 0.3 is 6.18 Å². The number of ether oxygens (including phenoxy) is 1. The molecular formula is C19H15F4N3O2. The molecule has 28 heavy (non-hydrogen) atoms. The van der Waals surface area contributed by atoms with Crippen LogP contribution in [0.15, 0.2) is 48.7 Å². The number of amides is 1. The van der Waals surface area contributed by atoms with Gasteiger partial charge in [-0.1, -0.05) is 12.1 Å². The maximum absolute atomic E-state index is 13.4. The molecule has 1 aromatic heterocycles. The fourth-order valence-corrected chi connectivity index (χ4v) is 2.53. The van der Waals surface area contributed by atoms with E-state index in [1.165, 1.54) is 37.6 Å². The second kappa shape index (κ2) is 7.34. The maximum Gasteiger partial charge on any atom is 0.416 e. The van der Waals surface area contributed by atoms with Gasteiger partial charge in [0.15, 0.2) is 11.4 Å². The molecule has 0 spiro atoms. The summed E-state index contributed by atoms with van der Waals surface area (Å²) >= 11 is 0. The van der Waals surface area contributed by atoms with Crippen LogP contribution in [0.2, 0.25) is 0 Å². The highest BCUT2D eigenvalue weighted by atomic mass is 19.4. The van der Waals surface area contributed by atoms with Gasteiger partial charge in [0.2, 0.25) is 0 Å². The summed E-state index contributed by atoms with van der Waals surface area (Å²) in [5.41, 5.74) is -0.00904. The Morgan fingerprint density at radius 1 is 1.18 bits per heavy atom. The van der Waals surface area contributed by atoms with E-state index in [0.29, 0.717) is 5.56 Å². The predicted octanol–water partition coefficient (Wildman–Crippen LogP) is 4.60. The van der Waals surface area contributed by atoms with Gasteiger partial charge in [0.25, 0.3) is 5.91 Å². The number of rotatable bonds is 4. The van der Waals surface area contributed by atoms with Gasteiger partial charge in [0, 0.05) is 5.69 Å². The molecule has 0 aliphatic rings. The van der Waals surface area contributed by atoms with E-state index in [4.69, 9.17) is 4.74 Å². The van der Waals surface area contributed by atoms with Crippen LogP contribution in [0.3, 0.4) is 0 Å². The molecule has 0 saturated heterocycles. The molecule has 3 aromatic rings. The quantitative estimate of drug-likeness (QED) is 0.659. The van der Waals surface area contributed by atoms with Crippen molar-refractivity contribution < 1.29 is 27.1 Å². The molecule has 5 nitrogen and oxygen atoms in total. The Morgan fingerprint density at radius 3 is 2.61 bits per heavy atom. The number of carbonyl (C=O) groups is 1. The normalized spacial score (nSPS) is 11.4. The average Bonchev–Trinajstić information content (AvgIpc) is 3.09. The highest BCUT2D eigenvalue weighted by Gasteiger charge is 2.30. The van der Waals surface area contributed by atoms with Gasteiger partial charge in [-0.2, -0.15) is 18.3 Å². The number of methoxy groups -OCH3 is 1. The number of halogens is 4. The molecule has 0 radical (unpaired) electrons. The van der Waals surface area contributed by atoms with E-state index >= 15 is 0 Å². The summed E-state index contributed by atoms with van der Waals surface area (Å²) in [4.78, 5) is 12.6. The first-order valence-corrected chi connectivity index (χ1v) is 8.08. The van der Waals surface area contributed by atoms with E-state index in [1.54, 1.807) is 6.92 Å². The molecule has 146 valence electrons. The minimum atomic E-state index is -4.51. The SMILES string of the molecule is COc1cn(-c2cccc(C(F)(F)F)c2)nc1C(=O)Nc1cc(F)ccc1C. The number of nitrogens with zero attached hydrogens (tertiary/aromatic N) is 2. The molecule has 0 atom stereocenters. The van der Waals surface area contributed by atoms with Crippen molar-refractivity contribution in [1.82, 2.24) is 9.78 Å². The zero-order valence-corrected chi connectivity index (χ0v) is 14.8. The standard InChI is InChI=1S/C19H15F4N3O2/c1-11-6-7-13(20)9-15(11)24-18(27)17-16(28-2)10-26(25-17)14-5-3-4-12(8-14)19(21,22)23/h3-10H,1-2H3,(H,24,27). The molecular weight excluding hydrogens is 378 g/mol. The molecule has 0 bridgehead atoms. The van der Waals surface area contributed by atoms with Crippen molar-refractivity contribution in [3.05, 3.63) is 71.3 Å². The lowest BCUT2D eigenvalue weighted by Gasteiger charge is -2.08. The molecule has 0 fully saturated rings. The summed E-state index contributed by atoms with van der Waals surface area (Å²) in [5.74, 6) is -1.15. The Kier molecular flexibility index (Phi) is 5.08. The first-order valence-electron chi connectivity index (χ1n) is 8.08. The van der Waals surface area contributed by atoms with Crippen molar-refractivity contribution in [2.45, 2.75) is 13.1 Å². The lowest BCUT2D eigenvalue weighted by atomic mass is 10.2. The first-order chi connectivity index (χ1) is 13.2. The van der Waals surface area contributed by atoms with Crippen LogP contribution in [0.4, 0.5) is 23.2 Å². The Hall–Kier alpha value is -3.36. The van der Waals surface area contributed by atoms with Crippen molar-refractivity contribution in [2.75, 3.05) is 12.4 Å². The van der Waals surface area contributed by atoms with Gasteiger partial charge in [-0.3, -0.25) is 4.79 Å². The van der Waals surface area contributed by atoms with Gasteiger partial charge in [-0.25, -0.2) is 9.07 Å². The Balaban J connectivity index is 1.95. The smallest absolute Gasteiger partial charge is 0.416 e. The molecule has 0 aliphatic carbocycles. The van der Waals surface area contributed by atoms with E-state index in [1.807, 2.05) is 0 Å². The zero-order chi connectivity index (χ0) is 20.5. The minimum absolute atomic E-state index is 0.0592. The van der Waals surface area contributed by atoms with E-state index in [0.717, 1.165) is 22.9 Å². The van der Waals surface area contributed by atoms with Crippen molar-refractivity contribution in [1.29, 1.82) is 0 Å². The summed E-state index contributed by atoms with van der Waals surface area (Å²) in [5, 5.41) is 6.57. The van der Waals surface area contributed by atoms with Crippen LogP contribution in [0.1, 0.15) is 21.6 Å². The van der Waals surface area contributed by atoms with Crippen LogP contribution >= 0.6 is 0 Å². The Labute approximate surface area is 157 Å². The van der Waals surface area contributed by atoms with Gasteiger partial charge in [-0.05, 0) is 42.8 Å². The number of aryl methyl sites for hydroxylation is 1. The third kappa shape index (κ3) is 3.98. The number of hydrogen-bond acceptors (Lipinski definition) is 3. The number of anilines is 1. The third-order valence-electron chi connectivity index (χ3n) is 4.00. The van der Waals surface area contributed by atoms with E-state index < -0.39 is 23.5 Å². The van der Waals surface area contributed by atoms with Crippen LogP contribution in [0.25, 0.3) is 5.69 Å². The fourth-order valence-electron chi connectivity index (χ4n) is 2.53. The highest BCUT2D eigenvalue weighted by molar-refractivity contribution is 6.05. The molecule has 1 amide bonds. The second-order valence-corrected chi connectivity index (χ2v) is 5.95. The van der Waals surface area contributed by atoms with Crippen molar-refractivity contribution >= 4 is 11.6 Å². The van der Waals surface area contributed by atoms with Crippen molar-refractivity contribution in [3.8, 4) is 11.4 Å². The van der Waals surface area contributed by atoms with Crippen molar-refractivity contribution in [2.24, 2.45) is 0 Å². The predicted molar refractivity (Wildman–Crippen MR) is 94.2 cm³/mol. The summed E-state index contributed by atoms with van der Waals surface area (Å²) < 4.78 is 58.4. The van der Waals surface area contributed by atoms with Crippen LogP contribution in [-0.4, -0.2) is 22.8 Å². The monoisotopic (exact) mass is 393 g/mol. The molecule has 9 heteroatoms. The molecule has 0 aliphatic heterocycles. The third-order valence-corrected chi connectivity index (χ3v) is 4.00. The lowest BCUT2D eigenvalue weighted by molar-refractivity contribution is -0.137. The van der Waals surface area contributed by atoms with Crippen LogP contribution in [0.5, 0.6) is 5.75 Å². The molecule has 2 aromatic carbocycles. The van der Waals surface area contributed by atoms with E-state index in [9.17, 15) is 22.4 Å². The molecule has 0 unspecified atom stereocenters. The second-order valence-electron chi connectivity index (χ2n) is 5.95. The number of nitrogens with one attached hydrogen (secondary N) is 1. The zero-order valence-electron chi connectivity index (χ0n) is 14.8. The Morgan fingerprint density at radius 2 is 1.93 bits per heavy atom. The van der Waals surface area contributed by atoms with Gasteiger partial charge < -0.3 is 10.1 Å². The van der Waals surface area contributed by atoms with E-state index in [-0.39, 0.29) is 22.8 Å². The molecule has 0 saturated carbocycles. The van der Waals surface area contributed by atoms with E-state index in [2.05, 4.69) is 10.4 Å². The first kappa shape index (κ1) is 19.4. The number of benzene rings is 2. The molecule has 1 N–H and O–H groups in total. The highest BCUT2D eigenvalue weighted by Crippen LogP contribution is 2.31. The van der Waals surface area contributed by atoms with Crippen LogP contribution in [0, 0.1) is 12.7 Å². The van der Waals surface area contributed by atoms with Gasteiger partial charge in [-0.15, -0.1) is 0 Å². The summed E-state index contributed by atoms with van der Waals surface area (Å²) in [6.07, 6.45) is -3.22. The van der Waals surface area contributed by atoms with Crippen LogP contribution in [-0.2, 0) is 6.18 Å².